The van der Waals surface area contributed by atoms with Crippen LogP contribution < -0.4 is 11.1 Å². The summed E-state index contributed by atoms with van der Waals surface area (Å²) in [5, 5.41) is 2.43. The molecule has 9 nitrogen and oxygen atoms in total. The van der Waals surface area contributed by atoms with Gasteiger partial charge in [-0.15, -0.1) is 0 Å². The number of carbonyl (C=O) groups excluding carboxylic acids is 1. The number of nitrogen functional groups attached to an aromatic ring is 1. The zero-order chi connectivity index (χ0) is 29.5. The molecule has 0 bridgehead atoms. The minimum atomic E-state index is -4.60. The highest BCUT2D eigenvalue weighted by Crippen LogP contribution is 2.35. The van der Waals surface area contributed by atoms with Crippen molar-refractivity contribution < 1.29 is 35.9 Å². The van der Waals surface area contributed by atoms with Crippen LogP contribution in [0, 0.1) is 0 Å². The number of carbonyl (C=O) groups is 1. The lowest BCUT2D eigenvalue weighted by Crippen LogP contribution is -2.43. The molecule has 1 atom stereocenters. The highest BCUT2D eigenvalue weighted by atomic mass is 35.5. The van der Waals surface area contributed by atoms with Gasteiger partial charge in [-0.05, 0) is 24.3 Å². The van der Waals surface area contributed by atoms with Gasteiger partial charge in [0.2, 0.25) is 0 Å². The predicted octanol–water partition coefficient (Wildman–Crippen LogP) is 5.23. The Hall–Kier alpha value is -3.95. The van der Waals surface area contributed by atoms with E-state index in [9.17, 15) is 31.1 Å². The number of benzene rings is 1. The summed E-state index contributed by atoms with van der Waals surface area (Å²) in [7, 11) is 0. The summed E-state index contributed by atoms with van der Waals surface area (Å²) in [4.78, 5) is 26.3. The van der Waals surface area contributed by atoms with Crippen LogP contribution in [0.2, 0.25) is 5.15 Å². The first-order valence-corrected chi connectivity index (χ1v) is 12.4. The number of halogens is 7. The highest BCUT2D eigenvalue weighted by molar-refractivity contribution is 6.30. The normalized spacial score (nSPS) is 16.7. The number of morpholine rings is 1. The maximum absolute atomic E-state index is 13.0. The van der Waals surface area contributed by atoms with E-state index >= 15 is 0 Å². The number of alkyl halides is 6. The van der Waals surface area contributed by atoms with Crippen molar-refractivity contribution >= 4 is 34.7 Å². The lowest BCUT2D eigenvalue weighted by molar-refractivity contribution is -0.160. The smallest absolute Gasteiger partial charge is 0.382 e. The number of amides is 1. The van der Waals surface area contributed by atoms with Gasteiger partial charge >= 0.3 is 12.4 Å². The molecule has 4 heterocycles. The first-order chi connectivity index (χ1) is 19.3. The molecule has 1 aromatic carbocycles. The molecule has 4 aromatic rings. The third-order valence-corrected chi connectivity index (χ3v) is 6.53. The Kier molecular flexibility index (Phi) is 7.52. The number of imidazole rings is 1. The molecule has 0 aliphatic carbocycles. The summed E-state index contributed by atoms with van der Waals surface area (Å²) in [5.74, 6) is -0.718. The quantitative estimate of drug-likeness (QED) is 0.302. The van der Waals surface area contributed by atoms with Crippen LogP contribution in [0.25, 0.3) is 16.8 Å². The second-order valence-electron chi connectivity index (χ2n) is 9.14. The topological polar surface area (TPSA) is 111 Å². The van der Waals surface area contributed by atoms with Crippen molar-refractivity contribution in [3.63, 3.8) is 0 Å². The van der Waals surface area contributed by atoms with Crippen molar-refractivity contribution in [2.75, 3.05) is 37.3 Å². The van der Waals surface area contributed by atoms with Gasteiger partial charge in [-0.1, -0.05) is 23.7 Å². The van der Waals surface area contributed by atoms with Crippen LogP contribution in [0.5, 0.6) is 0 Å². The minimum absolute atomic E-state index is 0.0354. The van der Waals surface area contributed by atoms with Crippen LogP contribution in [0.1, 0.15) is 27.8 Å². The molecular formula is C25H20ClF6N7O2. The number of rotatable bonds is 5. The van der Waals surface area contributed by atoms with E-state index in [1.165, 1.54) is 39.8 Å². The number of nitrogens with two attached hydrogens (primary N) is 1. The van der Waals surface area contributed by atoms with E-state index in [-0.39, 0.29) is 59.1 Å². The Bertz CT molecular complexity index is 1590. The molecule has 0 saturated carbocycles. The van der Waals surface area contributed by atoms with E-state index in [1.54, 1.807) is 0 Å². The average molecular weight is 600 g/mol. The molecule has 216 valence electrons. The molecule has 1 aliphatic heterocycles. The van der Waals surface area contributed by atoms with E-state index < -0.39 is 36.5 Å². The summed E-state index contributed by atoms with van der Waals surface area (Å²) >= 11 is 6.41. The number of anilines is 2. The van der Waals surface area contributed by atoms with Gasteiger partial charge < -0.3 is 15.8 Å². The Balaban J connectivity index is 1.44. The molecule has 16 heteroatoms. The zero-order valence-electron chi connectivity index (χ0n) is 20.8. The molecule has 1 saturated heterocycles. The SMILES string of the molecule is Nc1ncc(Cl)n2c([C@H]3CN(CC(F)(F)F)CCO3)nc(-c3ccc(C(=O)Nc4cc(C(F)(F)F)ccn4)cc3)c12. The van der Waals surface area contributed by atoms with Crippen molar-refractivity contribution in [1.82, 2.24) is 24.3 Å². The number of fused-ring (bicyclic) bond motifs is 1. The summed E-state index contributed by atoms with van der Waals surface area (Å²) in [6.45, 7) is -1.09. The first-order valence-electron chi connectivity index (χ1n) is 12.0. The van der Waals surface area contributed by atoms with E-state index in [0.29, 0.717) is 11.6 Å². The average Bonchev–Trinajstić information content (AvgIpc) is 3.32. The number of hydrogen-bond acceptors (Lipinski definition) is 7. The summed E-state index contributed by atoms with van der Waals surface area (Å²) < 4.78 is 85.2. The lowest BCUT2D eigenvalue weighted by atomic mass is 10.1. The van der Waals surface area contributed by atoms with Gasteiger partial charge in [-0.3, -0.25) is 14.1 Å². The van der Waals surface area contributed by atoms with Gasteiger partial charge in [0.15, 0.2) is 0 Å². The van der Waals surface area contributed by atoms with Gasteiger partial charge in [0.25, 0.3) is 5.91 Å². The van der Waals surface area contributed by atoms with E-state index in [1.807, 2.05) is 0 Å². The number of aromatic nitrogens is 4. The van der Waals surface area contributed by atoms with Crippen molar-refractivity contribution in [2.24, 2.45) is 0 Å². The summed E-state index contributed by atoms with van der Waals surface area (Å²) in [6, 6.07) is 7.39. The summed E-state index contributed by atoms with van der Waals surface area (Å²) in [5.41, 5.74) is 6.32. The molecule has 5 rings (SSSR count). The summed E-state index contributed by atoms with van der Waals surface area (Å²) in [6.07, 6.45) is -7.64. The molecule has 0 spiro atoms. The molecule has 3 N–H and O–H groups in total. The third kappa shape index (κ3) is 6.21. The maximum Gasteiger partial charge on any atom is 0.416 e. The van der Waals surface area contributed by atoms with Crippen molar-refractivity contribution in [2.45, 2.75) is 18.5 Å². The molecular weight excluding hydrogens is 580 g/mol. The number of nitrogens with one attached hydrogen (secondary N) is 1. The second kappa shape index (κ2) is 10.8. The molecule has 1 amide bonds. The Morgan fingerprint density at radius 3 is 2.54 bits per heavy atom. The van der Waals surface area contributed by atoms with Crippen LogP contribution in [0.3, 0.4) is 0 Å². The lowest BCUT2D eigenvalue weighted by Gasteiger charge is -2.32. The van der Waals surface area contributed by atoms with Crippen LogP contribution in [-0.4, -0.2) is 62.6 Å². The number of nitrogens with zero attached hydrogens (tertiary/aromatic N) is 5. The minimum Gasteiger partial charge on any atom is -0.382 e. The van der Waals surface area contributed by atoms with E-state index in [4.69, 9.17) is 22.1 Å². The predicted molar refractivity (Wildman–Crippen MR) is 136 cm³/mol. The largest absolute Gasteiger partial charge is 0.416 e. The van der Waals surface area contributed by atoms with Crippen molar-refractivity contribution in [1.29, 1.82) is 0 Å². The van der Waals surface area contributed by atoms with Crippen molar-refractivity contribution in [3.8, 4) is 11.3 Å². The van der Waals surface area contributed by atoms with Gasteiger partial charge in [0.05, 0.1) is 24.9 Å². The maximum atomic E-state index is 13.0. The fraction of sp³-hybridized carbons (Fsp3) is 0.280. The van der Waals surface area contributed by atoms with Crippen LogP contribution in [-0.2, 0) is 10.9 Å². The molecule has 41 heavy (non-hydrogen) atoms. The molecule has 1 aliphatic rings. The van der Waals surface area contributed by atoms with Gasteiger partial charge in [0, 0.05) is 30.4 Å². The number of pyridine rings is 1. The monoisotopic (exact) mass is 599 g/mol. The molecule has 1 fully saturated rings. The van der Waals surface area contributed by atoms with Crippen LogP contribution >= 0.6 is 11.6 Å². The highest BCUT2D eigenvalue weighted by Gasteiger charge is 2.36. The van der Waals surface area contributed by atoms with E-state index in [0.717, 1.165) is 12.3 Å². The Morgan fingerprint density at radius 1 is 1.12 bits per heavy atom. The molecule has 3 aromatic heterocycles. The van der Waals surface area contributed by atoms with Gasteiger partial charge in [0.1, 0.15) is 39.9 Å². The number of ether oxygens (including phenoxy) is 1. The van der Waals surface area contributed by atoms with Crippen LogP contribution in [0.4, 0.5) is 38.0 Å². The molecule has 0 radical (unpaired) electrons. The Morgan fingerprint density at radius 2 is 1.85 bits per heavy atom. The number of hydrogen-bond donors (Lipinski definition) is 2. The van der Waals surface area contributed by atoms with Gasteiger partial charge in [-0.2, -0.15) is 26.3 Å². The third-order valence-electron chi connectivity index (χ3n) is 6.26. The first kappa shape index (κ1) is 28.6. The second-order valence-corrected chi connectivity index (χ2v) is 9.52. The standard InChI is InChI=1S/C25H20ClF6N7O2/c26-17-10-35-21(33)20-19(37-22(39(17)20)16-11-38(7-8-41-16)12-24(27,28)29)13-1-3-14(4-2-13)23(40)36-18-9-15(5-6-34-18)25(30,31)32/h1-6,9-10,16H,7-8,11-12H2,(H2,33,35)(H,34,36,40)/t16-/m1/s1. The Labute approximate surface area is 232 Å². The van der Waals surface area contributed by atoms with Crippen LogP contribution in [0.15, 0.2) is 48.8 Å². The molecule has 0 unspecified atom stereocenters. The fourth-order valence-electron chi connectivity index (χ4n) is 4.45. The fourth-order valence-corrected chi connectivity index (χ4v) is 4.67. The van der Waals surface area contributed by atoms with E-state index in [2.05, 4.69) is 20.3 Å². The van der Waals surface area contributed by atoms with Gasteiger partial charge in [-0.25, -0.2) is 15.0 Å². The van der Waals surface area contributed by atoms with Crippen molar-refractivity contribution in [3.05, 3.63) is 70.9 Å². The zero-order valence-corrected chi connectivity index (χ0v) is 21.6.